The van der Waals surface area contributed by atoms with Crippen LogP contribution in [0.4, 0.5) is 5.82 Å². The van der Waals surface area contributed by atoms with Gasteiger partial charge in [0.25, 0.3) is 0 Å². The average molecular weight is 401 g/mol. The second-order valence-electron chi connectivity index (χ2n) is 7.34. The summed E-state index contributed by atoms with van der Waals surface area (Å²) in [5.41, 5.74) is 3.94. The number of methoxy groups -OCH3 is 1. The molecule has 1 aliphatic rings. The van der Waals surface area contributed by atoms with Gasteiger partial charge in [-0.25, -0.2) is 19.9 Å². The molecule has 8 heteroatoms. The molecule has 8 nitrogen and oxygen atoms in total. The molecule has 4 aromatic heterocycles. The number of nitrogens with one attached hydrogen (secondary N) is 1. The molecule has 152 valence electrons. The van der Waals surface area contributed by atoms with Crippen LogP contribution in [-0.4, -0.2) is 63.1 Å². The second kappa shape index (κ2) is 8.08. The zero-order valence-corrected chi connectivity index (χ0v) is 16.8. The number of aromatic nitrogens is 5. The Kier molecular flexibility index (Phi) is 4.98. The van der Waals surface area contributed by atoms with Crippen LogP contribution in [0.3, 0.4) is 0 Å². The minimum Gasteiger partial charge on any atom is -0.481 e. The Morgan fingerprint density at radius 2 is 1.83 bits per heavy atom. The molecule has 5 heterocycles. The Hall–Kier alpha value is -3.52. The molecule has 0 saturated carbocycles. The van der Waals surface area contributed by atoms with Crippen molar-refractivity contribution in [2.24, 2.45) is 0 Å². The molecule has 0 aliphatic carbocycles. The summed E-state index contributed by atoms with van der Waals surface area (Å²) in [6, 6.07) is 10.2. The zero-order valence-electron chi connectivity index (χ0n) is 16.8. The highest BCUT2D eigenvalue weighted by Gasteiger charge is 2.18. The smallest absolute Gasteiger partial charge is 0.212 e. The minimum absolute atomic E-state index is 0.650. The SMILES string of the molecule is COc1ccc(CN2CCN(c3ccc(-c4ncnc5[nH]ccc45)cn3)CC2)cn1. The predicted octanol–water partition coefficient (Wildman–Crippen LogP) is 2.75. The van der Waals surface area contributed by atoms with Crippen molar-refractivity contribution in [2.45, 2.75) is 6.54 Å². The van der Waals surface area contributed by atoms with Crippen molar-refractivity contribution in [1.82, 2.24) is 29.8 Å². The predicted molar refractivity (Wildman–Crippen MR) is 115 cm³/mol. The van der Waals surface area contributed by atoms with E-state index in [4.69, 9.17) is 9.72 Å². The monoisotopic (exact) mass is 401 g/mol. The van der Waals surface area contributed by atoms with E-state index in [0.717, 1.165) is 60.8 Å². The number of aromatic amines is 1. The molecule has 0 unspecified atom stereocenters. The van der Waals surface area contributed by atoms with Crippen LogP contribution in [-0.2, 0) is 6.54 Å². The zero-order chi connectivity index (χ0) is 20.3. The first-order valence-corrected chi connectivity index (χ1v) is 10.0. The standard InChI is InChI=1S/C22H23N7O/c1-30-20-5-2-16(12-25-20)14-28-8-10-29(11-9-28)19-4-3-17(13-24-19)21-18-6-7-23-22(18)27-15-26-21/h2-7,12-13,15H,8-11,14H2,1H3,(H,23,26,27). The van der Waals surface area contributed by atoms with E-state index in [2.05, 4.69) is 47.9 Å². The van der Waals surface area contributed by atoms with Gasteiger partial charge in [-0.1, -0.05) is 6.07 Å². The van der Waals surface area contributed by atoms with Crippen LogP contribution in [0.25, 0.3) is 22.3 Å². The van der Waals surface area contributed by atoms with Gasteiger partial charge in [0.2, 0.25) is 5.88 Å². The van der Waals surface area contributed by atoms with Gasteiger partial charge in [0.15, 0.2) is 0 Å². The molecule has 0 bridgehead atoms. The first kappa shape index (κ1) is 18.5. The van der Waals surface area contributed by atoms with Crippen LogP contribution in [0, 0.1) is 0 Å². The number of hydrogen-bond acceptors (Lipinski definition) is 7. The number of H-pyrrole nitrogens is 1. The van der Waals surface area contributed by atoms with E-state index in [-0.39, 0.29) is 0 Å². The van der Waals surface area contributed by atoms with E-state index < -0.39 is 0 Å². The van der Waals surface area contributed by atoms with Crippen molar-refractivity contribution in [3.05, 3.63) is 60.8 Å². The highest BCUT2D eigenvalue weighted by molar-refractivity contribution is 5.90. The van der Waals surface area contributed by atoms with Gasteiger partial charge >= 0.3 is 0 Å². The number of rotatable bonds is 5. The summed E-state index contributed by atoms with van der Waals surface area (Å²) in [4.78, 5) is 25.6. The van der Waals surface area contributed by atoms with Crippen LogP contribution in [0.5, 0.6) is 5.88 Å². The molecule has 0 amide bonds. The van der Waals surface area contributed by atoms with Crippen LogP contribution in [0.1, 0.15) is 5.56 Å². The van der Waals surface area contributed by atoms with Crippen molar-refractivity contribution in [3.8, 4) is 17.1 Å². The van der Waals surface area contributed by atoms with Gasteiger partial charge in [-0.15, -0.1) is 0 Å². The molecule has 1 N–H and O–H groups in total. The molecule has 30 heavy (non-hydrogen) atoms. The number of fused-ring (bicyclic) bond motifs is 1. The van der Waals surface area contributed by atoms with Crippen molar-refractivity contribution in [2.75, 3.05) is 38.2 Å². The Bertz CT molecular complexity index is 1120. The summed E-state index contributed by atoms with van der Waals surface area (Å²) in [5, 5.41) is 1.01. The molecular weight excluding hydrogens is 378 g/mol. The van der Waals surface area contributed by atoms with Crippen LogP contribution in [0.2, 0.25) is 0 Å². The number of piperazine rings is 1. The molecule has 0 radical (unpaired) electrons. The normalized spacial score (nSPS) is 14.9. The van der Waals surface area contributed by atoms with Crippen molar-refractivity contribution < 1.29 is 4.74 Å². The lowest BCUT2D eigenvalue weighted by Gasteiger charge is -2.35. The highest BCUT2D eigenvalue weighted by atomic mass is 16.5. The minimum atomic E-state index is 0.650. The van der Waals surface area contributed by atoms with Gasteiger partial charge in [-0.3, -0.25) is 4.90 Å². The van der Waals surface area contributed by atoms with Gasteiger partial charge < -0.3 is 14.6 Å². The van der Waals surface area contributed by atoms with E-state index in [9.17, 15) is 0 Å². The summed E-state index contributed by atoms with van der Waals surface area (Å²) in [6.45, 7) is 4.78. The lowest BCUT2D eigenvalue weighted by Crippen LogP contribution is -2.46. The third-order valence-corrected chi connectivity index (χ3v) is 5.48. The van der Waals surface area contributed by atoms with Gasteiger partial charge in [0, 0.05) is 68.3 Å². The lowest BCUT2D eigenvalue weighted by atomic mass is 10.1. The molecule has 0 spiro atoms. The number of pyridine rings is 2. The molecule has 1 saturated heterocycles. The summed E-state index contributed by atoms with van der Waals surface area (Å²) in [7, 11) is 1.64. The number of nitrogens with zero attached hydrogens (tertiary/aromatic N) is 6. The maximum Gasteiger partial charge on any atom is 0.212 e. The Morgan fingerprint density at radius 1 is 0.933 bits per heavy atom. The molecule has 4 aromatic rings. The second-order valence-corrected chi connectivity index (χ2v) is 7.34. The topological polar surface area (TPSA) is 83.1 Å². The highest BCUT2D eigenvalue weighted by Crippen LogP contribution is 2.25. The number of hydrogen-bond donors (Lipinski definition) is 1. The van der Waals surface area contributed by atoms with E-state index in [1.807, 2.05) is 30.7 Å². The first-order chi connectivity index (χ1) is 14.8. The van der Waals surface area contributed by atoms with Crippen molar-refractivity contribution >= 4 is 16.9 Å². The van der Waals surface area contributed by atoms with Gasteiger partial charge in [-0.05, 0) is 23.8 Å². The molecule has 5 rings (SSSR count). The molecular formula is C22H23N7O. The summed E-state index contributed by atoms with van der Waals surface area (Å²) >= 11 is 0. The van der Waals surface area contributed by atoms with Crippen LogP contribution < -0.4 is 9.64 Å². The largest absolute Gasteiger partial charge is 0.481 e. The van der Waals surface area contributed by atoms with E-state index >= 15 is 0 Å². The fourth-order valence-electron chi connectivity index (χ4n) is 3.83. The Labute approximate surface area is 174 Å². The third-order valence-electron chi connectivity index (χ3n) is 5.48. The average Bonchev–Trinajstić information content (AvgIpc) is 3.29. The van der Waals surface area contributed by atoms with Gasteiger partial charge in [0.1, 0.15) is 17.8 Å². The molecule has 1 aliphatic heterocycles. The van der Waals surface area contributed by atoms with Crippen molar-refractivity contribution in [3.63, 3.8) is 0 Å². The fourth-order valence-corrected chi connectivity index (χ4v) is 3.83. The quantitative estimate of drug-likeness (QED) is 0.550. The first-order valence-electron chi connectivity index (χ1n) is 10.0. The van der Waals surface area contributed by atoms with Gasteiger partial charge in [-0.2, -0.15) is 0 Å². The third kappa shape index (κ3) is 3.69. The number of anilines is 1. The van der Waals surface area contributed by atoms with Crippen LogP contribution >= 0.6 is 0 Å². The van der Waals surface area contributed by atoms with E-state index in [1.54, 1.807) is 13.4 Å². The Balaban J connectivity index is 1.22. The summed E-state index contributed by atoms with van der Waals surface area (Å²) < 4.78 is 5.13. The molecule has 0 atom stereocenters. The maximum atomic E-state index is 5.13. The maximum absolute atomic E-state index is 5.13. The van der Waals surface area contributed by atoms with E-state index in [0.29, 0.717) is 5.88 Å². The molecule has 1 fully saturated rings. The van der Waals surface area contributed by atoms with Crippen LogP contribution in [0.15, 0.2) is 55.2 Å². The molecule has 0 aromatic carbocycles. The van der Waals surface area contributed by atoms with E-state index in [1.165, 1.54) is 5.56 Å². The Morgan fingerprint density at radius 3 is 2.57 bits per heavy atom. The van der Waals surface area contributed by atoms with Crippen molar-refractivity contribution in [1.29, 1.82) is 0 Å². The lowest BCUT2D eigenvalue weighted by molar-refractivity contribution is 0.249. The van der Waals surface area contributed by atoms with Gasteiger partial charge in [0.05, 0.1) is 12.8 Å². The fraction of sp³-hybridized carbons (Fsp3) is 0.273. The summed E-state index contributed by atoms with van der Waals surface area (Å²) in [6.07, 6.45) is 7.26. The number of ether oxygens (including phenoxy) is 1. The summed E-state index contributed by atoms with van der Waals surface area (Å²) in [5.74, 6) is 1.65.